The Morgan fingerprint density at radius 2 is 1.92 bits per heavy atom. The number of halogens is 1. The predicted molar refractivity (Wildman–Crippen MR) is 94.8 cm³/mol. The number of hydrogen-bond donors (Lipinski definition) is 1. The van der Waals surface area contributed by atoms with Crippen LogP contribution in [-0.4, -0.2) is 25.0 Å². The van der Waals surface area contributed by atoms with Crippen molar-refractivity contribution in [2.24, 2.45) is 0 Å². The third-order valence-electron chi connectivity index (χ3n) is 3.35. The van der Waals surface area contributed by atoms with Crippen LogP contribution in [0, 0.1) is 10.1 Å². The molecule has 2 aromatic rings. The summed E-state index contributed by atoms with van der Waals surface area (Å²) in [5.74, 6) is -0.735. The number of amides is 1. The number of carbonyl (C=O) groups is 1. The van der Waals surface area contributed by atoms with Crippen molar-refractivity contribution in [1.82, 2.24) is 0 Å². The molecular weight excluding hydrogens is 368 g/mol. The lowest BCUT2D eigenvalue weighted by Crippen LogP contribution is -2.18. The van der Waals surface area contributed by atoms with Crippen molar-refractivity contribution in [2.45, 2.75) is 18.2 Å². The fourth-order valence-corrected chi connectivity index (χ4v) is 3.97. The molecule has 0 aliphatic carbocycles. The largest absolute Gasteiger partial charge is 0.321 e. The van der Waals surface area contributed by atoms with E-state index in [9.17, 15) is 23.3 Å². The Bertz CT molecular complexity index is 928. The molecule has 0 aliphatic rings. The van der Waals surface area contributed by atoms with Crippen LogP contribution in [0.2, 0.25) is 5.02 Å². The van der Waals surface area contributed by atoms with Gasteiger partial charge in [0.15, 0.2) is 9.84 Å². The second kappa shape index (κ2) is 7.62. The molecule has 0 aromatic heterocycles. The molecule has 2 rings (SSSR count). The van der Waals surface area contributed by atoms with Gasteiger partial charge in [-0.05, 0) is 24.6 Å². The molecule has 7 nitrogen and oxygen atoms in total. The molecule has 0 unspecified atom stereocenters. The molecule has 1 amide bonds. The Labute approximate surface area is 149 Å². The van der Waals surface area contributed by atoms with Crippen molar-refractivity contribution in [3.05, 3.63) is 63.2 Å². The van der Waals surface area contributed by atoms with Crippen molar-refractivity contribution in [1.29, 1.82) is 0 Å². The minimum Gasteiger partial charge on any atom is -0.321 e. The molecule has 0 saturated heterocycles. The maximum absolute atomic E-state index is 12.5. The number of hydrogen-bond acceptors (Lipinski definition) is 5. The summed E-state index contributed by atoms with van der Waals surface area (Å²) in [7, 11) is -3.59. The van der Waals surface area contributed by atoms with E-state index in [0.29, 0.717) is 6.42 Å². The number of non-ortho nitro benzene ring substituents is 1. The van der Waals surface area contributed by atoms with Crippen molar-refractivity contribution < 1.29 is 18.1 Å². The normalized spacial score (nSPS) is 11.1. The second-order valence-electron chi connectivity index (χ2n) is 5.19. The Hall–Kier alpha value is -2.45. The highest BCUT2D eigenvalue weighted by Gasteiger charge is 2.22. The van der Waals surface area contributed by atoms with E-state index >= 15 is 0 Å². The van der Waals surface area contributed by atoms with Gasteiger partial charge < -0.3 is 5.32 Å². The number of anilines is 1. The number of carbonyl (C=O) groups excluding carboxylic acids is 1. The lowest BCUT2D eigenvalue weighted by molar-refractivity contribution is -0.384. The van der Waals surface area contributed by atoms with Gasteiger partial charge in [0.05, 0.1) is 31.8 Å². The van der Waals surface area contributed by atoms with Gasteiger partial charge in [-0.25, -0.2) is 8.42 Å². The van der Waals surface area contributed by atoms with E-state index in [4.69, 9.17) is 11.6 Å². The first-order valence-electron chi connectivity index (χ1n) is 7.33. The zero-order valence-electron chi connectivity index (χ0n) is 13.2. The molecule has 132 valence electrons. The van der Waals surface area contributed by atoms with Gasteiger partial charge in [-0.3, -0.25) is 14.9 Å². The lowest BCUT2D eigenvalue weighted by atomic mass is 10.2. The van der Waals surface area contributed by atoms with Crippen LogP contribution in [0.4, 0.5) is 11.4 Å². The number of nitrogens with one attached hydrogen (secondary N) is 1. The van der Waals surface area contributed by atoms with E-state index in [1.54, 1.807) is 13.0 Å². The fourth-order valence-electron chi connectivity index (χ4n) is 2.21. The summed E-state index contributed by atoms with van der Waals surface area (Å²) < 4.78 is 24.6. The quantitative estimate of drug-likeness (QED) is 0.605. The maximum Gasteiger partial charge on any atom is 0.271 e. The molecular formula is C16H15ClN2O5S. The first-order chi connectivity index (χ1) is 11.8. The molecule has 0 atom stereocenters. The van der Waals surface area contributed by atoms with Gasteiger partial charge in [0.25, 0.3) is 11.6 Å². The van der Waals surface area contributed by atoms with Gasteiger partial charge in [0, 0.05) is 12.1 Å². The van der Waals surface area contributed by atoms with Crippen molar-refractivity contribution >= 4 is 38.7 Å². The van der Waals surface area contributed by atoms with Crippen molar-refractivity contribution in [2.75, 3.05) is 11.1 Å². The second-order valence-corrected chi connectivity index (χ2v) is 7.68. The van der Waals surface area contributed by atoms with Gasteiger partial charge >= 0.3 is 0 Å². The van der Waals surface area contributed by atoms with E-state index in [1.807, 2.05) is 0 Å². The molecule has 0 fully saturated rings. The van der Waals surface area contributed by atoms with E-state index < -0.39 is 20.7 Å². The number of sulfone groups is 1. The minimum atomic E-state index is -3.59. The monoisotopic (exact) mass is 382 g/mol. The van der Waals surface area contributed by atoms with Crippen LogP contribution >= 0.6 is 11.6 Å². The number of nitro benzene ring substituents is 1. The van der Waals surface area contributed by atoms with Crippen LogP contribution in [0.15, 0.2) is 47.4 Å². The Morgan fingerprint density at radius 1 is 1.24 bits per heavy atom. The first kappa shape index (κ1) is 18.9. The summed E-state index contributed by atoms with van der Waals surface area (Å²) in [5, 5.41) is 13.2. The smallest absolute Gasteiger partial charge is 0.271 e. The standard InChI is InChI=1S/C16H15ClN2O5S/c1-2-9-25(23,24)15-6-4-3-5-12(15)16(20)18-14-8-7-11(19(21)22)10-13(14)17/h3-8,10H,2,9H2,1H3,(H,18,20). The number of benzene rings is 2. The van der Waals surface area contributed by atoms with Gasteiger partial charge in [-0.2, -0.15) is 0 Å². The van der Waals surface area contributed by atoms with E-state index in [2.05, 4.69) is 5.32 Å². The van der Waals surface area contributed by atoms with Crippen LogP contribution < -0.4 is 5.32 Å². The topological polar surface area (TPSA) is 106 Å². The van der Waals surface area contributed by atoms with Crippen LogP contribution in [0.5, 0.6) is 0 Å². The molecule has 9 heteroatoms. The minimum absolute atomic E-state index is 0.00892. The third-order valence-corrected chi connectivity index (χ3v) is 5.64. The van der Waals surface area contributed by atoms with Gasteiger partial charge in [-0.1, -0.05) is 30.7 Å². The van der Waals surface area contributed by atoms with Crippen molar-refractivity contribution in [3.63, 3.8) is 0 Å². The summed E-state index contributed by atoms with van der Waals surface area (Å²) in [6.07, 6.45) is 0.423. The summed E-state index contributed by atoms with van der Waals surface area (Å²) in [6.45, 7) is 1.73. The van der Waals surface area contributed by atoms with Crippen LogP contribution in [0.25, 0.3) is 0 Å². The lowest BCUT2D eigenvalue weighted by Gasteiger charge is -2.11. The summed E-state index contributed by atoms with van der Waals surface area (Å²) in [5.41, 5.74) is -0.0701. The zero-order valence-corrected chi connectivity index (χ0v) is 14.8. The van der Waals surface area contributed by atoms with Crippen LogP contribution in [0.3, 0.4) is 0 Å². The number of rotatable bonds is 6. The number of nitro groups is 1. The first-order valence-corrected chi connectivity index (χ1v) is 9.36. The van der Waals surface area contributed by atoms with Gasteiger partial charge in [-0.15, -0.1) is 0 Å². The molecule has 0 saturated carbocycles. The highest BCUT2D eigenvalue weighted by atomic mass is 35.5. The average molecular weight is 383 g/mol. The van der Waals surface area contributed by atoms with Crippen LogP contribution in [-0.2, 0) is 9.84 Å². The number of nitrogens with zero attached hydrogens (tertiary/aromatic N) is 1. The Kier molecular flexibility index (Phi) is 5.76. The van der Waals surface area contributed by atoms with Crippen LogP contribution in [0.1, 0.15) is 23.7 Å². The fraction of sp³-hybridized carbons (Fsp3) is 0.188. The van der Waals surface area contributed by atoms with E-state index in [-0.39, 0.29) is 32.6 Å². The van der Waals surface area contributed by atoms with E-state index in [1.165, 1.54) is 30.3 Å². The molecule has 0 heterocycles. The molecule has 0 spiro atoms. The molecule has 0 aliphatic heterocycles. The van der Waals surface area contributed by atoms with E-state index in [0.717, 1.165) is 6.07 Å². The Balaban J connectivity index is 2.36. The summed E-state index contributed by atoms with van der Waals surface area (Å²) >= 11 is 5.95. The third kappa shape index (κ3) is 4.34. The molecule has 25 heavy (non-hydrogen) atoms. The summed E-state index contributed by atoms with van der Waals surface area (Å²) in [4.78, 5) is 22.5. The zero-order chi connectivity index (χ0) is 18.6. The molecule has 1 N–H and O–H groups in total. The predicted octanol–water partition coefficient (Wildman–Crippen LogP) is 3.68. The maximum atomic E-state index is 12.5. The van der Waals surface area contributed by atoms with Gasteiger partial charge in [0.1, 0.15) is 0 Å². The molecule has 0 radical (unpaired) electrons. The molecule has 0 bridgehead atoms. The highest BCUT2D eigenvalue weighted by molar-refractivity contribution is 7.91. The molecule has 2 aromatic carbocycles. The SMILES string of the molecule is CCCS(=O)(=O)c1ccccc1C(=O)Nc1ccc([N+](=O)[O-])cc1Cl. The Morgan fingerprint density at radius 3 is 2.52 bits per heavy atom. The van der Waals surface area contributed by atoms with Crippen molar-refractivity contribution in [3.8, 4) is 0 Å². The van der Waals surface area contributed by atoms with Gasteiger partial charge in [0.2, 0.25) is 0 Å². The highest BCUT2D eigenvalue weighted by Crippen LogP contribution is 2.28. The average Bonchev–Trinajstić information content (AvgIpc) is 2.56. The summed E-state index contributed by atoms with van der Waals surface area (Å²) in [6, 6.07) is 9.46.